The quantitative estimate of drug-likeness (QED) is 0.858. The minimum absolute atomic E-state index is 0.204. The van der Waals surface area contributed by atoms with E-state index >= 15 is 0 Å². The van der Waals surface area contributed by atoms with Crippen molar-refractivity contribution in [3.63, 3.8) is 0 Å². The molecule has 1 aliphatic rings. The van der Waals surface area contributed by atoms with Crippen LogP contribution in [0.15, 0.2) is 24.3 Å². The summed E-state index contributed by atoms with van der Waals surface area (Å²) >= 11 is 0. The number of aliphatic carboxylic acids is 1. The molecule has 5 nitrogen and oxygen atoms in total. The first kappa shape index (κ1) is 14.4. The lowest BCUT2D eigenvalue weighted by Gasteiger charge is -2.07. The van der Waals surface area contributed by atoms with Crippen LogP contribution in [-0.2, 0) is 16.1 Å². The van der Waals surface area contributed by atoms with Gasteiger partial charge in [0.25, 0.3) is 0 Å². The number of ether oxygens (including phenoxy) is 1. The lowest BCUT2D eigenvalue weighted by atomic mass is 10.1. The van der Waals surface area contributed by atoms with E-state index in [0.29, 0.717) is 6.54 Å². The Hall–Kier alpha value is -2.04. The molecule has 108 valence electrons. The Balaban J connectivity index is 1.95. The van der Waals surface area contributed by atoms with E-state index in [0.717, 1.165) is 11.3 Å². The zero-order valence-electron chi connectivity index (χ0n) is 11.8. The third kappa shape index (κ3) is 2.61. The normalized spacial score (nSPS) is 22.9. The monoisotopic (exact) mass is 277 g/mol. The van der Waals surface area contributed by atoms with Gasteiger partial charge >= 0.3 is 5.97 Å². The van der Waals surface area contributed by atoms with Crippen molar-refractivity contribution in [3.05, 3.63) is 29.8 Å². The van der Waals surface area contributed by atoms with Crippen molar-refractivity contribution in [2.24, 2.45) is 17.3 Å². The number of methoxy groups -OCH3 is 1. The first-order valence-corrected chi connectivity index (χ1v) is 6.51. The van der Waals surface area contributed by atoms with Gasteiger partial charge < -0.3 is 15.2 Å². The van der Waals surface area contributed by atoms with Gasteiger partial charge in [-0.15, -0.1) is 0 Å². The molecular weight excluding hydrogens is 258 g/mol. The van der Waals surface area contributed by atoms with Crippen LogP contribution in [0.5, 0.6) is 5.75 Å². The van der Waals surface area contributed by atoms with Crippen LogP contribution in [0.2, 0.25) is 0 Å². The number of nitrogens with one attached hydrogen (secondary N) is 1. The molecule has 0 radical (unpaired) electrons. The van der Waals surface area contributed by atoms with Crippen molar-refractivity contribution in [2.75, 3.05) is 7.11 Å². The maximum absolute atomic E-state index is 12.1. The number of rotatable bonds is 5. The van der Waals surface area contributed by atoms with Crippen molar-refractivity contribution < 1.29 is 19.4 Å². The van der Waals surface area contributed by atoms with Gasteiger partial charge in [0.1, 0.15) is 5.75 Å². The predicted octanol–water partition coefficient (Wildman–Crippen LogP) is 1.67. The van der Waals surface area contributed by atoms with Crippen molar-refractivity contribution in [3.8, 4) is 5.75 Å². The molecule has 0 aromatic heterocycles. The lowest BCUT2D eigenvalue weighted by Crippen LogP contribution is -2.26. The summed E-state index contributed by atoms with van der Waals surface area (Å²) in [5.41, 5.74) is 0.452. The highest BCUT2D eigenvalue weighted by atomic mass is 16.5. The van der Waals surface area contributed by atoms with Gasteiger partial charge in [-0.1, -0.05) is 26.0 Å². The topological polar surface area (TPSA) is 75.6 Å². The summed E-state index contributed by atoms with van der Waals surface area (Å²) in [5, 5.41) is 11.9. The molecule has 2 rings (SSSR count). The van der Waals surface area contributed by atoms with Gasteiger partial charge in [0.2, 0.25) is 5.91 Å². The highest BCUT2D eigenvalue weighted by Gasteiger charge is 2.65. The summed E-state index contributed by atoms with van der Waals surface area (Å²) in [7, 11) is 1.59. The number of carboxylic acid groups (broad SMARTS) is 1. The zero-order chi connectivity index (χ0) is 14.9. The van der Waals surface area contributed by atoms with Crippen LogP contribution in [0.25, 0.3) is 0 Å². The first-order valence-electron chi connectivity index (χ1n) is 6.51. The van der Waals surface area contributed by atoms with E-state index in [4.69, 9.17) is 9.84 Å². The summed E-state index contributed by atoms with van der Waals surface area (Å²) in [4.78, 5) is 23.1. The van der Waals surface area contributed by atoms with Crippen LogP contribution in [0.3, 0.4) is 0 Å². The Morgan fingerprint density at radius 2 is 2.05 bits per heavy atom. The SMILES string of the molecule is COc1cccc(CNC(=O)[C@@H]2[C@H](C(=O)O)C2(C)C)c1. The van der Waals surface area contributed by atoms with Crippen molar-refractivity contribution in [1.82, 2.24) is 5.32 Å². The molecular formula is C15H19NO4. The molecule has 0 heterocycles. The smallest absolute Gasteiger partial charge is 0.307 e. The average molecular weight is 277 g/mol. The van der Waals surface area contributed by atoms with Crippen LogP contribution in [-0.4, -0.2) is 24.1 Å². The van der Waals surface area contributed by atoms with Crippen LogP contribution >= 0.6 is 0 Å². The molecule has 1 aliphatic carbocycles. The predicted molar refractivity (Wildman–Crippen MR) is 73.2 cm³/mol. The molecule has 5 heteroatoms. The molecule has 0 saturated heterocycles. The second kappa shape index (κ2) is 5.15. The molecule has 2 atom stereocenters. The van der Waals surface area contributed by atoms with Gasteiger partial charge in [-0.25, -0.2) is 0 Å². The fourth-order valence-electron chi connectivity index (χ4n) is 2.67. The van der Waals surface area contributed by atoms with E-state index in [1.54, 1.807) is 7.11 Å². The Morgan fingerprint density at radius 3 is 2.60 bits per heavy atom. The van der Waals surface area contributed by atoms with Gasteiger partial charge in [-0.05, 0) is 23.1 Å². The maximum atomic E-state index is 12.1. The molecule has 1 amide bonds. The number of hydrogen-bond donors (Lipinski definition) is 2. The number of carbonyl (C=O) groups excluding carboxylic acids is 1. The van der Waals surface area contributed by atoms with E-state index < -0.39 is 23.2 Å². The maximum Gasteiger partial charge on any atom is 0.307 e. The van der Waals surface area contributed by atoms with Crippen LogP contribution in [0, 0.1) is 17.3 Å². The summed E-state index contributed by atoms with van der Waals surface area (Å²) in [6.07, 6.45) is 0. The summed E-state index contributed by atoms with van der Waals surface area (Å²) < 4.78 is 5.11. The van der Waals surface area contributed by atoms with E-state index in [2.05, 4.69) is 5.32 Å². The van der Waals surface area contributed by atoms with Gasteiger partial charge in [-0.2, -0.15) is 0 Å². The molecule has 0 unspecified atom stereocenters. The molecule has 1 saturated carbocycles. The van der Waals surface area contributed by atoms with E-state index in [9.17, 15) is 9.59 Å². The fraction of sp³-hybridized carbons (Fsp3) is 0.467. The number of carbonyl (C=O) groups is 2. The number of hydrogen-bond acceptors (Lipinski definition) is 3. The second-order valence-electron chi connectivity index (χ2n) is 5.68. The van der Waals surface area contributed by atoms with Crippen molar-refractivity contribution >= 4 is 11.9 Å². The Kier molecular flexibility index (Phi) is 3.70. The van der Waals surface area contributed by atoms with Gasteiger partial charge in [0.15, 0.2) is 0 Å². The molecule has 2 N–H and O–H groups in total. The van der Waals surface area contributed by atoms with E-state index in [1.165, 1.54) is 0 Å². The molecule has 1 aromatic carbocycles. The Morgan fingerprint density at radius 1 is 1.35 bits per heavy atom. The standard InChI is InChI=1S/C15H19NO4/c1-15(2)11(12(15)14(18)19)13(17)16-8-9-5-4-6-10(7-9)20-3/h4-7,11-12H,8H2,1-3H3,(H,16,17)(H,18,19)/t11-,12+/m0/s1. The number of amides is 1. The minimum Gasteiger partial charge on any atom is -0.497 e. The van der Waals surface area contributed by atoms with Gasteiger partial charge in [0.05, 0.1) is 18.9 Å². The molecule has 20 heavy (non-hydrogen) atoms. The van der Waals surface area contributed by atoms with Crippen LogP contribution in [0.1, 0.15) is 19.4 Å². The molecule has 1 fully saturated rings. The number of benzene rings is 1. The molecule has 1 aromatic rings. The lowest BCUT2D eigenvalue weighted by molar-refractivity contribution is -0.140. The van der Waals surface area contributed by atoms with Crippen LogP contribution < -0.4 is 10.1 Å². The summed E-state index contributed by atoms with van der Waals surface area (Å²) in [6.45, 7) is 3.98. The third-order valence-corrected chi connectivity index (χ3v) is 3.98. The highest BCUT2D eigenvalue weighted by Crippen LogP contribution is 2.58. The van der Waals surface area contributed by atoms with E-state index in [-0.39, 0.29) is 5.91 Å². The van der Waals surface area contributed by atoms with Crippen molar-refractivity contribution in [2.45, 2.75) is 20.4 Å². The average Bonchev–Trinajstić information content (AvgIpc) is 2.99. The molecule has 0 bridgehead atoms. The van der Waals surface area contributed by atoms with Gasteiger partial charge in [-0.3, -0.25) is 9.59 Å². The Bertz CT molecular complexity index is 538. The van der Waals surface area contributed by atoms with Gasteiger partial charge in [0, 0.05) is 6.54 Å². The largest absolute Gasteiger partial charge is 0.497 e. The fourth-order valence-corrected chi connectivity index (χ4v) is 2.67. The minimum atomic E-state index is -0.906. The second-order valence-corrected chi connectivity index (χ2v) is 5.68. The number of carboxylic acids is 1. The highest BCUT2D eigenvalue weighted by molar-refractivity contribution is 5.91. The zero-order valence-corrected chi connectivity index (χ0v) is 11.8. The Labute approximate surface area is 117 Å². The third-order valence-electron chi connectivity index (χ3n) is 3.98. The molecule has 0 aliphatic heterocycles. The van der Waals surface area contributed by atoms with Crippen LogP contribution in [0.4, 0.5) is 0 Å². The summed E-state index contributed by atoms with van der Waals surface area (Å²) in [5.74, 6) is -1.42. The van der Waals surface area contributed by atoms with E-state index in [1.807, 2.05) is 38.1 Å². The first-order chi connectivity index (χ1) is 9.37. The molecule has 0 spiro atoms. The summed E-state index contributed by atoms with van der Waals surface area (Å²) in [6, 6.07) is 7.40. The van der Waals surface area contributed by atoms with Crippen molar-refractivity contribution in [1.29, 1.82) is 0 Å².